The number of halogens is 2. The number of aromatic nitrogens is 2. The summed E-state index contributed by atoms with van der Waals surface area (Å²) in [5, 5.41) is 19.6. The maximum absolute atomic E-state index is 13.1. The van der Waals surface area contributed by atoms with Crippen LogP contribution in [0.5, 0.6) is 0 Å². The van der Waals surface area contributed by atoms with Gasteiger partial charge in [0, 0.05) is 17.1 Å². The van der Waals surface area contributed by atoms with E-state index in [1.807, 2.05) is 12.1 Å². The van der Waals surface area contributed by atoms with Crippen LogP contribution in [-0.2, 0) is 11.8 Å². The highest BCUT2D eigenvalue weighted by molar-refractivity contribution is 6.30. The first kappa shape index (κ1) is 21.7. The predicted molar refractivity (Wildman–Crippen MR) is 111 cm³/mol. The highest BCUT2D eigenvalue weighted by atomic mass is 35.5. The lowest BCUT2D eigenvalue weighted by atomic mass is 9.95. The number of urea groups is 1. The Morgan fingerprint density at radius 3 is 2.50 bits per heavy atom. The molecular formula is C21H22ClFN4O3. The van der Waals surface area contributed by atoms with Crippen LogP contribution < -0.4 is 10.6 Å². The maximum atomic E-state index is 13.1. The van der Waals surface area contributed by atoms with Crippen molar-refractivity contribution in [3.63, 3.8) is 0 Å². The maximum Gasteiger partial charge on any atom is 0.319 e. The van der Waals surface area contributed by atoms with Crippen LogP contribution in [0.1, 0.15) is 37.2 Å². The van der Waals surface area contributed by atoms with Crippen molar-refractivity contribution in [2.45, 2.75) is 31.7 Å². The van der Waals surface area contributed by atoms with Gasteiger partial charge in [-0.1, -0.05) is 28.9 Å². The number of hydrogen-bond donors (Lipinski definition) is 3. The Balaban J connectivity index is 1.80. The number of carbonyl (C=O) groups is 1. The third-order valence-corrected chi connectivity index (χ3v) is 4.74. The molecule has 0 saturated heterocycles. The van der Waals surface area contributed by atoms with Crippen molar-refractivity contribution in [3.8, 4) is 0 Å². The molecule has 1 heterocycles. The van der Waals surface area contributed by atoms with E-state index in [2.05, 4.69) is 20.8 Å². The minimum Gasteiger partial charge on any atom is -0.395 e. The van der Waals surface area contributed by atoms with Crippen molar-refractivity contribution in [2.75, 3.05) is 11.9 Å². The number of aliphatic hydroxyl groups excluding tert-OH is 1. The monoisotopic (exact) mass is 432 g/mol. The van der Waals surface area contributed by atoms with E-state index in [9.17, 15) is 14.3 Å². The number of nitrogens with one attached hydrogen (secondary N) is 2. The molecule has 1 aromatic heterocycles. The van der Waals surface area contributed by atoms with Crippen LogP contribution in [-0.4, -0.2) is 27.9 Å². The van der Waals surface area contributed by atoms with E-state index in [-0.39, 0.29) is 18.3 Å². The number of rotatable bonds is 7. The van der Waals surface area contributed by atoms with Crippen LogP contribution in [0.25, 0.3) is 0 Å². The minimum absolute atomic E-state index is 0.172. The molecule has 3 rings (SSSR count). The Labute approximate surface area is 178 Å². The fourth-order valence-electron chi connectivity index (χ4n) is 2.64. The molecule has 0 unspecified atom stereocenters. The molecule has 0 aliphatic carbocycles. The summed E-state index contributed by atoms with van der Waals surface area (Å²) >= 11 is 5.95. The smallest absolute Gasteiger partial charge is 0.319 e. The zero-order valence-electron chi connectivity index (χ0n) is 16.5. The molecular weight excluding hydrogens is 411 g/mol. The second-order valence-corrected chi connectivity index (χ2v) is 7.92. The minimum atomic E-state index is -0.716. The number of nitrogens with zero attached hydrogens (tertiary/aromatic N) is 2. The molecule has 3 N–H and O–H groups in total. The second-order valence-electron chi connectivity index (χ2n) is 7.49. The van der Waals surface area contributed by atoms with Crippen molar-refractivity contribution >= 4 is 23.3 Å². The number of hydrogen-bond acceptors (Lipinski definition) is 5. The molecule has 9 heteroatoms. The summed E-state index contributed by atoms with van der Waals surface area (Å²) in [5.41, 5.74) is 0.625. The van der Waals surface area contributed by atoms with Gasteiger partial charge in [-0.3, -0.25) is 0 Å². The van der Waals surface area contributed by atoms with Crippen molar-refractivity contribution in [1.82, 2.24) is 15.5 Å². The largest absolute Gasteiger partial charge is 0.395 e. The third-order valence-electron chi connectivity index (χ3n) is 4.49. The van der Waals surface area contributed by atoms with Crippen molar-refractivity contribution < 1.29 is 18.8 Å². The average molecular weight is 433 g/mol. The van der Waals surface area contributed by atoms with Gasteiger partial charge in [0.25, 0.3) is 0 Å². The molecule has 0 saturated carbocycles. The fraction of sp³-hybridized carbons (Fsp3) is 0.286. The van der Waals surface area contributed by atoms with Gasteiger partial charge in [-0.2, -0.15) is 4.98 Å². The van der Waals surface area contributed by atoms with Gasteiger partial charge in [0.2, 0.25) is 5.89 Å². The molecule has 0 bridgehead atoms. The Morgan fingerprint density at radius 2 is 1.87 bits per heavy atom. The molecule has 0 radical (unpaired) electrons. The van der Waals surface area contributed by atoms with Crippen molar-refractivity contribution in [2.24, 2.45) is 0 Å². The van der Waals surface area contributed by atoms with Gasteiger partial charge in [0.15, 0.2) is 5.82 Å². The zero-order valence-corrected chi connectivity index (χ0v) is 17.3. The second kappa shape index (κ2) is 9.23. The number of anilines is 1. The molecule has 2 amide bonds. The highest BCUT2D eigenvalue weighted by Crippen LogP contribution is 2.24. The first-order valence-corrected chi connectivity index (χ1v) is 9.67. The van der Waals surface area contributed by atoms with Crippen LogP contribution in [0.4, 0.5) is 14.9 Å². The molecule has 0 aliphatic heterocycles. The zero-order chi connectivity index (χ0) is 21.7. The number of benzene rings is 2. The van der Waals surface area contributed by atoms with Gasteiger partial charge >= 0.3 is 6.03 Å². The summed E-state index contributed by atoms with van der Waals surface area (Å²) in [5.74, 6) is 0.143. The van der Waals surface area contributed by atoms with Crippen LogP contribution in [0.2, 0.25) is 5.02 Å². The summed E-state index contributed by atoms with van der Waals surface area (Å²) < 4.78 is 18.4. The van der Waals surface area contributed by atoms with Gasteiger partial charge in [0.1, 0.15) is 5.82 Å². The molecule has 3 aromatic rings. The van der Waals surface area contributed by atoms with Gasteiger partial charge in [-0.05, 0) is 55.8 Å². The van der Waals surface area contributed by atoms with Crippen molar-refractivity contribution in [3.05, 3.63) is 76.6 Å². The molecule has 0 aliphatic rings. The molecule has 2 aromatic carbocycles. The van der Waals surface area contributed by atoms with Crippen LogP contribution in [0.15, 0.2) is 53.1 Å². The summed E-state index contributed by atoms with van der Waals surface area (Å²) in [6, 6.07) is 11.5. The van der Waals surface area contributed by atoms with E-state index in [1.165, 1.54) is 24.3 Å². The molecule has 0 fully saturated rings. The van der Waals surface area contributed by atoms with E-state index in [0.29, 0.717) is 17.1 Å². The molecule has 1 atom stereocenters. The quantitative estimate of drug-likeness (QED) is 0.518. The number of amides is 2. The first-order valence-electron chi connectivity index (χ1n) is 9.29. The lowest BCUT2D eigenvalue weighted by molar-refractivity contribution is 0.182. The van der Waals surface area contributed by atoms with Gasteiger partial charge in [-0.15, -0.1) is 0 Å². The SMILES string of the molecule is CC(C)(CO)c1nc([C@@H](Cc2ccc(Cl)cc2)NC(=O)Nc2ccc(F)cc2)no1. The normalized spacial score (nSPS) is 12.4. The summed E-state index contributed by atoms with van der Waals surface area (Å²) in [6.07, 6.45) is 0.381. The van der Waals surface area contributed by atoms with E-state index in [4.69, 9.17) is 16.1 Å². The lowest BCUT2D eigenvalue weighted by Gasteiger charge is -2.17. The number of aliphatic hydroxyl groups is 1. The molecule has 0 spiro atoms. The Hall–Kier alpha value is -2.97. The fourth-order valence-corrected chi connectivity index (χ4v) is 2.77. The average Bonchev–Trinajstić information content (AvgIpc) is 3.22. The first-order chi connectivity index (χ1) is 14.3. The Kier molecular flexibility index (Phi) is 6.69. The summed E-state index contributed by atoms with van der Waals surface area (Å²) in [6.45, 7) is 3.37. The third kappa shape index (κ3) is 5.55. The van der Waals surface area contributed by atoms with Gasteiger partial charge in [-0.25, -0.2) is 9.18 Å². The Morgan fingerprint density at radius 1 is 1.20 bits per heavy atom. The topological polar surface area (TPSA) is 100 Å². The van der Waals surface area contributed by atoms with E-state index in [0.717, 1.165) is 5.56 Å². The van der Waals surface area contributed by atoms with Gasteiger partial charge in [0.05, 0.1) is 18.1 Å². The highest BCUT2D eigenvalue weighted by Gasteiger charge is 2.29. The van der Waals surface area contributed by atoms with Crippen LogP contribution in [0, 0.1) is 5.82 Å². The molecule has 30 heavy (non-hydrogen) atoms. The Bertz CT molecular complexity index is 990. The number of carbonyl (C=O) groups excluding carboxylic acids is 1. The van der Waals surface area contributed by atoms with Crippen LogP contribution >= 0.6 is 11.6 Å². The standard InChI is InChI=1S/C21H22ClFN4O3/c1-21(2,12-28)19-26-18(27-30-19)17(11-13-3-5-14(22)6-4-13)25-20(29)24-16-9-7-15(23)8-10-16/h3-10,17,28H,11-12H2,1-2H3,(H2,24,25,29)/t17-/m1/s1. The predicted octanol–water partition coefficient (Wildman–Crippen LogP) is 4.24. The lowest BCUT2D eigenvalue weighted by Crippen LogP contribution is -2.34. The van der Waals surface area contributed by atoms with Crippen LogP contribution in [0.3, 0.4) is 0 Å². The van der Waals surface area contributed by atoms with E-state index >= 15 is 0 Å². The summed E-state index contributed by atoms with van der Waals surface area (Å²) in [4.78, 5) is 16.9. The molecule has 7 nitrogen and oxygen atoms in total. The van der Waals surface area contributed by atoms with Crippen molar-refractivity contribution in [1.29, 1.82) is 0 Å². The van der Waals surface area contributed by atoms with E-state index in [1.54, 1.807) is 26.0 Å². The van der Waals surface area contributed by atoms with Gasteiger partial charge < -0.3 is 20.3 Å². The summed E-state index contributed by atoms with van der Waals surface area (Å²) in [7, 11) is 0. The molecule has 158 valence electrons. The van der Waals surface area contributed by atoms with E-state index < -0.39 is 23.3 Å².